The van der Waals surface area contributed by atoms with Gasteiger partial charge in [-0.1, -0.05) is 28.1 Å². The highest BCUT2D eigenvalue weighted by Crippen LogP contribution is 2.28. The number of para-hydroxylation sites is 1. The van der Waals surface area contributed by atoms with E-state index in [-0.39, 0.29) is 0 Å². The Bertz CT molecular complexity index is 1150. The summed E-state index contributed by atoms with van der Waals surface area (Å²) >= 11 is 3.55. The van der Waals surface area contributed by atoms with Gasteiger partial charge in [0.15, 0.2) is 5.65 Å². The molecule has 2 aromatic carbocycles. The highest BCUT2D eigenvalue weighted by atomic mass is 79.9. The molecule has 0 unspecified atom stereocenters. The second-order valence-corrected chi connectivity index (χ2v) is 5.89. The van der Waals surface area contributed by atoms with E-state index in [9.17, 15) is 0 Å². The number of nitrogens with zero attached hydrogens (tertiary/aromatic N) is 5. The lowest BCUT2D eigenvalue weighted by molar-refractivity contribution is 0.841. The number of hydrogen-bond acceptors (Lipinski definition) is 3. The first-order valence-corrected chi connectivity index (χ1v) is 7.31. The standard InChI is InChI=1S/C15H8BrN5/c16-10-4-5-12-13(8-10)20-7-6-9-2-1-3-11(14(9)20)15-17-18-19-21(12)15/h1-8H. The van der Waals surface area contributed by atoms with Crippen molar-refractivity contribution in [3.05, 3.63) is 53.1 Å². The first-order valence-electron chi connectivity index (χ1n) is 6.52. The Labute approximate surface area is 126 Å². The molecular formula is C15H8BrN5. The minimum absolute atomic E-state index is 0.765. The smallest absolute Gasteiger partial charge is 0.189 e. The third-order valence-electron chi connectivity index (χ3n) is 3.85. The van der Waals surface area contributed by atoms with Crippen LogP contribution < -0.4 is 0 Å². The van der Waals surface area contributed by atoms with E-state index in [2.05, 4.69) is 66.3 Å². The van der Waals surface area contributed by atoms with Crippen LogP contribution in [0.1, 0.15) is 0 Å². The summed E-state index contributed by atoms with van der Waals surface area (Å²) < 4.78 is 5.00. The largest absolute Gasteiger partial charge is 0.314 e. The molecule has 6 heteroatoms. The monoisotopic (exact) mass is 337 g/mol. The van der Waals surface area contributed by atoms with E-state index >= 15 is 0 Å². The number of rotatable bonds is 0. The minimum atomic E-state index is 0.765. The van der Waals surface area contributed by atoms with Gasteiger partial charge in [0.1, 0.15) is 0 Å². The minimum Gasteiger partial charge on any atom is -0.314 e. The topological polar surface area (TPSA) is 47.5 Å². The van der Waals surface area contributed by atoms with Crippen LogP contribution in [0.3, 0.4) is 0 Å². The Morgan fingerprint density at radius 1 is 1.00 bits per heavy atom. The van der Waals surface area contributed by atoms with Gasteiger partial charge in [0.05, 0.1) is 16.6 Å². The van der Waals surface area contributed by atoms with Crippen molar-refractivity contribution in [2.24, 2.45) is 0 Å². The van der Waals surface area contributed by atoms with Crippen LogP contribution in [0.2, 0.25) is 0 Å². The zero-order valence-corrected chi connectivity index (χ0v) is 12.3. The van der Waals surface area contributed by atoms with Crippen molar-refractivity contribution in [3.8, 4) is 0 Å². The average molecular weight is 338 g/mol. The number of fused-ring (bicyclic) bond motifs is 5. The van der Waals surface area contributed by atoms with Crippen molar-refractivity contribution >= 4 is 48.9 Å². The molecule has 3 aromatic heterocycles. The molecule has 5 nitrogen and oxygen atoms in total. The summed E-state index contributed by atoms with van der Waals surface area (Å²) in [5, 5.41) is 14.4. The first-order chi connectivity index (χ1) is 10.3. The highest BCUT2D eigenvalue weighted by molar-refractivity contribution is 9.10. The molecule has 5 rings (SSSR count). The number of benzene rings is 2. The van der Waals surface area contributed by atoms with Crippen LogP contribution in [0.4, 0.5) is 0 Å². The van der Waals surface area contributed by atoms with Crippen molar-refractivity contribution in [1.29, 1.82) is 0 Å². The molecule has 0 N–H and O–H groups in total. The second-order valence-electron chi connectivity index (χ2n) is 4.98. The number of hydrogen-bond donors (Lipinski definition) is 0. The molecule has 0 spiro atoms. The molecule has 0 bridgehead atoms. The van der Waals surface area contributed by atoms with E-state index in [0.29, 0.717) is 0 Å². The lowest BCUT2D eigenvalue weighted by atomic mass is 10.2. The van der Waals surface area contributed by atoms with Gasteiger partial charge in [-0.05, 0) is 40.8 Å². The van der Waals surface area contributed by atoms with E-state index in [4.69, 9.17) is 0 Å². The summed E-state index contributed by atoms with van der Waals surface area (Å²) in [4.78, 5) is 0. The van der Waals surface area contributed by atoms with Crippen molar-refractivity contribution in [2.75, 3.05) is 0 Å². The summed E-state index contributed by atoms with van der Waals surface area (Å²) in [6.07, 6.45) is 2.08. The molecule has 0 atom stereocenters. The maximum Gasteiger partial charge on any atom is 0.189 e. The summed E-state index contributed by atoms with van der Waals surface area (Å²) in [6, 6.07) is 14.4. The Morgan fingerprint density at radius 3 is 2.90 bits per heavy atom. The van der Waals surface area contributed by atoms with E-state index in [1.165, 1.54) is 5.39 Å². The van der Waals surface area contributed by atoms with Gasteiger partial charge < -0.3 is 4.40 Å². The van der Waals surface area contributed by atoms with Crippen LogP contribution >= 0.6 is 15.9 Å². The van der Waals surface area contributed by atoms with Gasteiger partial charge in [0.2, 0.25) is 0 Å². The van der Waals surface area contributed by atoms with Crippen LogP contribution in [0.5, 0.6) is 0 Å². The number of aromatic nitrogens is 5. The molecule has 0 saturated carbocycles. The molecule has 0 radical (unpaired) electrons. The van der Waals surface area contributed by atoms with E-state index in [1.807, 2.05) is 18.2 Å². The lowest BCUT2D eigenvalue weighted by Gasteiger charge is -1.99. The maximum absolute atomic E-state index is 4.22. The molecule has 3 heterocycles. The molecule has 21 heavy (non-hydrogen) atoms. The third-order valence-corrected chi connectivity index (χ3v) is 4.34. The van der Waals surface area contributed by atoms with Crippen LogP contribution in [-0.2, 0) is 0 Å². The Kier molecular flexibility index (Phi) is 2.03. The predicted octanol–water partition coefficient (Wildman–Crippen LogP) is 3.45. The molecule has 0 aliphatic heterocycles. The summed E-state index contributed by atoms with van der Waals surface area (Å²) in [5.74, 6) is 0. The SMILES string of the molecule is Brc1ccc2c(c1)n1ccc3cccc(c31)c1nnnn21. The van der Waals surface area contributed by atoms with Crippen LogP contribution in [-0.4, -0.2) is 24.4 Å². The van der Waals surface area contributed by atoms with Gasteiger partial charge in [-0.15, -0.1) is 5.10 Å². The molecule has 0 aliphatic rings. The quantitative estimate of drug-likeness (QED) is 0.435. The van der Waals surface area contributed by atoms with E-state index in [0.717, 1.165) is 32.1 Å². The molecule has 0 aliphatic carbocycles. The predicted molar refractivity (Wildman–Crippen MR) is 84.4 cm³/mol. The molecule has 100 valence electrons. The van der Waals surface area contributed by atoms with Crippen LogP contribution in [0.15, 0.2) is 53.1 Å². The van der Waals surface area contributed by atoms with Gasteiger partial charge in [0, 0.05) is 21.4 Å². The Balaban J connectivity index is 2.31. The number of tetrazole rings is 1. The van der Waals surface area contributed by atoms with Crippen molar-refractivity contribution in [2.45, 2.75) is 0 Å². The molecule has 0 saturated heterocycles. The van der Waals surface area contributed by atoms with Crippen molar-refractivity contribution < 1.29 is 0 Å². The van der Waals surface area contributed by atoms with Crippen molar-refractivity contribution in [1.82, 2.24) is 24.4 Å². The number of halogens is 1. The molecule has 0 amide bonds. The molecule has 5 aromatic rings. The maximum atomic E-state index is 4.22. The van der Waals surface area contributed by atoms with Crippen LogP contribution in [0, 0.1) is 0 Å². The van der Waals surface area contributed by atoms with Crippen molar-refractivity contribution in [3.63, 3.8) is 0 Å². The fourth-order valence-corrected chi connectivity index (χ4v) is 3.31. The molecule has 0 fully saturated rings. The van der Waals surface area contributed by atoms with Gasteiger partial charge in [-0.3, -0.25) is 0 Å². The van der Waals surface area contributed by atoms with Crippen LogP contribution in [0.25, 0.3) is 33.0 Å². The lowest BCUT2D eigenvalue weighted by Crippen LogP contribution is -1.89. The zero-order chi connectivity index (χ0) is 14.0. The van der Waals surface area contributed by atoms with Gasteiger partial charge in [-0.25, -0.2) is 0 Å². The third kappa shape index (κ3) is 1.37. The fourth-order valence-electron chi connectivity index (χ4n) is 2.96. The summed E-state index contributed by atoms with van der Waals surface area (Å²) in [7, 11) is 0. The van der Waals surface area contributed by atoms with Gasteiger partial charge >= 0.3 is 0 Å². The summed E-state index contributed by atoms with van der Waals surface area (Å²) in [5.41, 5.74) is 3.91. The first kappa shape index (κ1) is 11.2. The average Bonchev–Trinajstić information content (AvgIpc) is 3.11. The summed E-state index contributed by atoms with van der Waals surface area (Å²) in [6.45, 7) is 0. The zero-order valence-electron chi connectivity index (χ0n) is 10.7. The van der Waals surface area contributed by atoms with Gasteiger partial charge in [-0.2, -0.15) is 4.52 Å². The fraction of sp³-hybridized carbons (Fsp3) is 0. The highest BCUT2D eigenvalue weighted by Gasteiger charge is 2.12. The second kappa shape index (κ2) is 3.79. The van der Waals surface area contributed by atoms with Gasteiger partial charge in [0.25, 0.3) is 0 Å². The van der Waals surface area contributed by atoms with E-state index in [1.54, 1.807) is 4.52 Å². The normalized spacial score (nSPS) is 12.0. The van der Waals surface area contributed by atoms with E-state index < -0.39 is 0 Å². The Hall–Kier alpha value is -2.47. The Morgan fingerprint density at radius 2 is 1.95 bits per heavy atom. The molecular weight excluding hydrogens is 330 g/mol.